The molecule has 2 heterocycles. The highest BCUT2D eigenvalue weighted by molar-refractivity contribution is 6.07. The topological polar surface area (TPSA) is 29.5 Å². The van der Waals surface area contributed by atoms with Gasteiger partial charge >= 0.3 is 0 Å². The number of carbonyl (C=O) groups is 1. The third-order valence-corrected chi connectivity index (χ3v) is 3.94. The Morgan fingerprint density at radius 1 is 1.47 bits per heavy atom. The fourth-order valence-corrected chi connectivity index (χ4v) is 2.89. The van der Waals surface area contributed by atoms with Gasteiger partial charge < -0.3 is 9.64 Å². The zero-order valence-electron chi connectivity index (χ0n) is 11.1. The number of para-hydroxylation sites is 1. The van der Waals surface area contributed by atoms with Crippen molar-refractivity contribution >= 4 is 11.6 Å². The summed E-state index contributed by atoms with van der Waals surface area (Å²) in [6, 6.07) is 7.90. The van der Waals surface area contributed by atoms with Crippen LogP contribution in [-0.2, 0) is 15.1 Å². The lowest BCUT2D eigenvalue weighted by molar-refractivity contribution is -0.143. The van der Waals surface area contributed by atoms with Gasteiger partial charge in [-0.05, 0) is 18.6 Å². The molecule has 0 bridgehead atoms. The van der Waals surface area contributed by atoms with Crippen molar-refractivity contribution in [3.8, 4) is 0 Å². The van der Waals surface area contributed by atoms with Crippen molar-refractivity contribution in [3.05, 3.63) is 54.1 Å². The molecule has 1 aromatic rings. The van der Waals surface area contributed by atoms with E-state index in [1.165, 1.54) is 0 Å². The standard InChI is InChI=1S/C16H17NO2/c1-3-12-9-10-16(19-11-12)13-7-5-6-8-14(13)17(4-2)15(16)18/h3,5-9H,1,4,10-11H2,2H3. The second kappa shape index (κ2) is 4.35. The molecule has 0 aromatic heterocycles. The monoisotopic (exact) mass is 255 g/mol. The summed E-state index contributed by atoms with van der Waals surface area (Å²) in [7, 11) is 0. The highest BCUT2D eigenvalue weighted by Gasteiger charge is 2.51. The fraction of sp³-hybridized carbons (Fsp3) is 0.312. The van der Waals surface area contributed by atoms with Crippen LogP contribution in [-0.4, -0.2) is 19.1 Å². The number of hydrogen-bond acceptors (Lipinski definition) is 2. The number of benzene rings is 1. The number of hydrogen-bond donors (Lipinski definition) is 0. The van der Waals surface area contributed by atoms with Gasteiger partial charge in [-0.25, -0.2) is 0 Å². The van der Waals surface area contributed by atoms with Crippen molar-refractivity contribution in [2.24, 2.45) is 0 Å². The molecular formula is C16H17NO2. The number of nitrogens with zero attached hydrogens (tertiary/aromatic N) is 1. The van der Waals surface area contributed by atoms with Crippen molar-refractivity contribution in [2.45, 2.75) is 18.9 Å². The van der Waals surface area contributed by atoms with Crippen molar-refractivity contribution in [1.82, 2.24) is 0 Å². The Morgan fingerprint density at radius 2 is 2.26 bits per heavy atom. The number of fused-ring (bicyclic) bond motifs is 2. The van der Waals surface area contributed by atoms with E-state index in [1.54, 1.807) is 6.08 Å². The van der Waals surface area contributed by atoms with E-state index < -0.39 is 5.60 Å². The Hall–Kier alpha value is -1.87. The minimum Gasteiger partial charge on any atom is -0.355 e. The summed E-state index contributed by atoms with van der Waals surface area (Å²) >= 11 is 0. The summed E-state index contributed by atoms with van der Waals surface area (Å²) in [5.41, 5.74) is 2.19. The number of amides is 1. The molecular weight excluding hydrogens is 238 g/mol. The Morgan fingerprint density at radius 3 is 2.89 bits per heavy atom. The smallest absolute Gasteiger partial charge is 0.264 e. The lowest BCUT2D eigenvalue weighted by Crippen LogP contribution is -2.43. The van der Waals surface area contributed by atoms with Gasteiger partial charge in [0.15, 0.2) is 5.60 Å². The molecule has 1 unspecified atom stereocenters. The molecule has 0 radical (unpaired) electrons. The van der Waals surface area contributed by atoms with Crippen LogP contribution in [0.25, 0.3) is 0 Å². The molecule has 0 saturated heterocycles. The Labute approximate surface area is 113 Å². The highest BCUT2D eigenvalue weighted by Crippen LogP contribution is 2.46. The molecule has 3 rings (SSSR count). The molecule has 2 aliphatic rings. The second-order valence-corrected chi connectivity index (χ2v) is 4.87. The van der Waals surface area contributed by atoms with Crippen LogP contribution in [0.3, 0.4) is 0 Å². The van der Waals surface area contributed by atoms with E-state index in [-0.39, 0.29) is 5.91 Å². The largest absolute Gasteiger partial charge is 0.355 e. The van der Waals surface area contributed by atoms with Gasteiger partial charge in [-0.15, -0.1) is 0 Å². The number of likely N-dealkylation sites (N-methyl/N-ethyl adjacent to an activating group) is 1. The Kier molecular flexibility index (Phi) is 2.79. The van der Waals surface area contributed by atoms with Crippen molar-refractivity contribution in [2.75, 3.05) is 18.1 Å². The van der Waals surface area contributed by atoms with E-state index in [0.29, 0.717) is 19.6 Å². The molecule has 1 amide bonds. The highest BCUT2D eigenvalue weighted by atomic mass is 16.5. The molecule has 1 aromatic carbocycles. The predicted octanol–water partition coefficient (Wildman–Crippen LogP) is 2.78. The maximum absolute atomic E-state index is 12.7. The van der Waals surface area contributed by atoms with Gasteiger partial charge in [-0.2, -0.15) is 0 Å². The van der Waals surface area contributed by atoms with Crippen LogP contribution in [0.15, 0.2) is 48.6 Å². The zero-order chi connectivity index (χ0) is 13.5. The van der Waals surface area contributed by atoms with Crippen molar-refractivity contribution < 1.29 is 9.53 Å². The molecule has 0 fully saturated rings. The first kappa shape index (κ1) is 12.2. The second-order valence-electron chi connectivity index (χ2n) is 4.87. The Balaban J connectivity index is 2.10. The average Bonchev–Trinajstić information content (AvgIpc) is 2.70. The SMILES string of the molecule is C=CC1=CCC2(OC1)C(=O)N(CC)c1ccccc12. The van der Waals surface area contributed by atoms with Crippen LogP contribution in [0.5, 0.6) is 0 Å². The van der Waals surface area contributed by atoms with E-state index in [2.05, 4.69) is 12.7 Å². The maximum Gasteiger partial charge on any atom is 0.264 e. The van der Waals surface area contributed by atoms with E-state index in [1.807, 2.05) is 36.1 Å². The van der Waals surface area contributed by atoms with Gasteiger partial charge in [-0.3, -0.25) is 4.79 Å². The summed E-state index contributed by atoms with van der Waals surface area (Å²) < 4.78 is 5.97. The fourth-order valence-electron chi connectivity index (χ4n) is 2.89. The molecule has 1 atom stereocenters. The normalized spacial score (nSPS) is 25.4. The predicted molar refractivity (Wildman–Crippen MR) is 75.0 cm³/mol. The number of rotatable bonds is 2. The molecule has 0 saturated carbocycles. The summed E-state index contributed by atoms with van der Waals surface area (Å²) in [6.07, 6.45) is 4.43. The number of anilines is 1. The first-order valence-electron chi connectivity index (χ1n) is 6.60. The first-order chi connectivity index (χ1) is 9.23. The Bertz CT molecular complexity index is 576. The third kappa shape index (κ3) is 1.58. The summed E-state index contributed by atoms with van der Waals surface area (Å²) in [6.45, 7) is 6.85. The summed E-state index contributed by atoms with van der Waals surface area (Å²) in [4.78, 5) is 14.5. The van der Waals surface area contributed by atoms with E-state index in [4.69, 9.17) is 4.74 Å². The summed E-state index contributed by atoms with van der Waals surface area (Å²) in [5.74, 6) is 0.0514. The van der Waals surface area contributed by atoms with Gasteiger partial charge in [0.2, 0.25) is 0 Å². The minimum absolute atomic E-state index is 0.0514. The number of ether oxygens (including phenoxy) is 1. The minimum atomic E-state index is -0.820. The quantitative estimate of drug-likeness (QED) is 0.813. The molecule has 19 heavy (non-hydrogen) atoms. The van der Waals surface area contributed by atoms with Crippen LogP contribution in [0.4, 0.5) is 5.69 Å². The van der Waals surface area contributed by atoms with Crippen molar-refractivity contribution in [3.63, 3.8) is 0 Å². The third-order valence-electron chi connectivity index (χ3n) is 3.94. The zero-order valence-corrected chi connectivity index (χ0v) is 11.1. The molecule has 3 nitrogen and oxygen atoms in total. The lowest BCUT2D eigenvalue weighted by atomic mass is 9.88. The van der Waals surface area contributed by atoms with Crippen LogP contribution in [0.1, 0.15) is 18.9 Å². The van der Waals surface area contributed by atoms with Gasteiger partial charge in [0.05, 0.1) is 12.3 Å². The van der Waals surface area contributed by atoms with Gasteiger partial charge in [0.25, 0.3) is 5.91 Å². The average molecular weight is 255 g/mol. The van der Waals surface area contributed by atoms with Crippen LogP contribution in [0.2, 0.25) is 0 Å². The van der Waals surface area contributed by atoms with Crippen LogP contribution in [0, 0.1) is 0 Å². The maximum atomic E-state index is 12.7. The molecule has 3 heteroatoms. The van der Waals surface area contributed by atoms with Crippen LogP contribution < -0.4 is 4.90 Å². The molecule has 98 valence electrons. The number of carbonyl (C=O) groups excluding carboxylic acids is 1. The van der Waals surface area contributed by atoms with E-state index in [0.717, 1.165) is 16.8 Å². The molecule has 2 aliphatic heterocycles. The first-order valence-corrected chi connectivity index (χ1v) is 6.60. The molecule has 1 spiro atoms. The molecule has 0 aliphatic carbocycles. The molecule has 0 N–H and O–H groups in total. The van der Waals surface area contributed by atoms with E-state index in [9.17, 15) is 4.79 Å². The van der Waals surface area contributed by atoms with Gasteiger partial charge in [0.1, 0.15) is 0 Å². The van der Waals surface area contributed by atoms with Crippen molar-refractivity contribution in [1.29, 1.82) is 0 Å². The van der Waals surface area contributed by atoms with Gasteiger partial charge in [0, 0.05) is 18.5 Å². The van der Waals surface area contributed by atoms with Gasteiger partial charge in [-0.1, -0.05) is 36.9 Å². The van der Waals surface area contributed by atoms with Crippen LogP contribution >= 0.6 is 0 Å². The lowest BCUT2D eigenvalue weighted by Gasteiger charge is -2.31. The van der Waals surface area contributed by atoms with E-state index >= 15 is 0 Å². The summed E-state index contributed by atoms with van der Waals surface area (Å²) in [5, 5.41) is 0.